The maximum Gasteiger partial charge on any atom is 0.325 e. The molecule has 0 fully saturated rings. The third kappa shape index (κ3) is 5.24. The van der Waals surface area contributed by atoms with Crippen LogP contribution in [0.4, 0.5) is 5.69 Å². The molecule has 0 unspecified atom stereocenters. The molecule has 2 rings (SSSR count). The lowest BCUT2D eigenvalue weighted by Crippen LogP contribution is -2.35. The molecule has 0 saturated heterocycles. The van der Waals surface area contributed by atoms with Crippen molar-refractivity contribution in [1.29, 1.82) is 0 Å². The summed E-state index contributed by atoms with van der Waals surface area (Å²) in [5.41, 5.74) is 3.73. The van der Waals surface area contributed by atoms with Crippen molar-refractivity contribution >= 4 is 17.4 Å². The van der Waals surface area contributed by atoms with Gasteiger partial charge in [0.1, 0.15) is 12.3 Å². The number of aliphatic imine (C=N–C) groups is 1. The van der Waals surface area contributed by atoms with E-state index in [1.165, 1.54) is 0 Å². The highest BCUT2D eigenvalue weighted by molar-refractivity contribution is 6.02. The summed E-state index contributed by atoms with van der Waals surface area (Å²) in [6, 6.07) is 7.74. The highest BCUT2D eigenvalue weighted by atomic mass is 16.5. The molecule has 1 aliphatic carbocycles. The van der Waals surface area contributed by atoms with E-state index in [4.69, 9.17) is 9.84 Å². The number of aliphatic carboxylic acids is 1. The minimum Gasteiger partial charge on any atom is -0.497 e. The standard InChI is InChI=1S/C19H27N3O3/c1-5-20-18-15(21-12-17(23)24)10-19(2,3)11-16(18)22-13-6-8-14(25-4)9-7-13/h6-9,20,22H,5,10-12H2,1-4H3,(H,23,24). The smallest absolute Gasteiger partial charge is 0.325 e. The number of nitrogens with zero attached hydrogens (tertiary/aromatic N) is 1. The molecule has 0 atom stereocenters. The molecule has 0 saturated carbocycles. The van der Waals surface area contributed by atoms with Crippen LogP contribution >= 0.6 is 0 Å². The SMILES string of the molecule is CCNC1=C(Nc2ccc(OC)cc2)CC(C)(C)CC1=NCC(=O)O. The number of benzene rings is 1. The quantitative estimate of drug-likeness (QED) is 0.706. The molecule has 136 valence electrons. The van der Waals surface area contributed by atoms with Crippen molar-refractivity contribution in [3.05, 3.63) is 35.7 Å². The number of hydrogen-bond donors (Lipinski definition) is 3. The average Bonchev–Trinajstić information content (AvgIpc) is 2.55. The summed E-state index contributed by atoms with van der Waals surface area (Å²) < 4.78 is 5.20. The summed E-state index contributed by atoms with van der Waals surface area (Å²) in [6.45, 7) is 6.89. The zero-order chi connectivity index (χ0) is 18.4. The summed E-state index contributed by atoms with van der Waals surface area (Å²) in [4.78, 5) is 15.3. The number of rotatable bonds is 7. The summed E-state index contributed by atoms with van der Waals surface area (Å²) in [5.74, 6) is -0.115. The molecule has 0 radical (unpaired) electrons. The topological polar surface area (TPSA) is 83.0 Å². The number of anilines is 1. The van der Waals surface area contributed by atoms with Crippen LogP contribution in [-0.4, -0.2) is 37.0 Å². The Morgan fingerprint density at radius 2 is 1.96 bits per heavy atom. The van der Waals surface area contributed by atoms with E-state index < -0.39 is 5.97 Å². The minimum absolute atomic E-state index is 0.00502. The van der Waals surface area contributed by atoms with Gasteiger partial charge in [-0.05, 0) is 49.4 Å². The minimum atomic E-state index is -0.920. The number of methoxy groups -OCH3 is 1. The molecule has 0 spiro atoms. The zero-order valence-corrected chi connectivity index (χ0v) is 15.3. The van der Waals surface area contributed by atoms with Crippen LogP contribution < -0.4 is 15.4 Å². The molecule has 6 nitrogen and oxygen atoms in total. The van der Waals surface area contributed by atoms with Gasteiger partial charge in [-0.1, -0.05) is 13.8 Å². The van der Waals surface area contributed by atoms with Gasteiger partial charge in [-0.15, -0.1) is 0 Å². The van der Waals surface area contributed by atoms with Gasteiger partial charge in [0.15, 0.2) is 0 Å². The van der Waals surface area contributed by atoms with E-state index in [9.17, 15) is 4.79 Å². The maximum atomic E-state index is 10.9. The molecule has 1 aliphatic rings. The molecule has 0 aliphatic heterocycles. The van der Waals surface area contributed by atoms with Crippen LogP contribution in [0.25, 0.3) is 0 Å². The molecule has 0 aromatic heterocycles. The second-order valence-electron chi connectivity index (χ2n) is 6.91. The van der Waals surface area contributed by atoms with Crippen molar-refractivity contribution in [2.24, 2.45) is 10.4 Å². The van der Waals surface area contributed by atoms with Gasteiger partial charge in [0.25, 0.3) is 0 Å². The van der Waals surface area contributed by atoms with Crippen LogP contribution in [-0.2, 0) is 4.79 Å². The monoisotopic (exact) mass is 345 g/mol. The molecule has 0 bridgehead atoms. The van der Waals surface area contributed by atoms with Crippen molar-refractivity contribution < 1.29 is 14.6 Å². The van der Waals surface area contributed by atoms with E-state index in [0.29, 0.717) is 0 Å². The van der Waals surface area contributed by atoms with Crippen LogP contribution in [0.15, 0.2) is 40.7 Å². The molecule has 1 aromatic carbocycles. The first-order valence-electron chi connectivity index (χ1n) is 8.48. The molecule has 0 amide bonds. The largest absolute Gasteiger partial charge is 0.497 e. The first-order chi connectivity index (χ1) is 11.8. The highest BCUT2D eigenvalue weighted by Gasteiger charge is 2.31. The van der Waals surface area contributed by atoms with E-state index in [0.717, 1.165) is 47.9 Å². The molecule has 3 N–H and O–H groups in total. The Hall–Kier alpha value is -2.50. The van der Waals surface area contributed by atoms with Crippen molar-refractivity contribution in [1.82, 2.24) is 5.32 Å². The lowest BCUT2D eigenvalue weighted by molar-refractivity contribution is -0.135. The van der Waals surface area contributed by atoms with E-state index in [-0.39, 0.29) is 12.0 Å². The fourth-order valence-electron chi connectivity index (χ4n) is 2.98. The van der Waals surface area contributed by atoms with Gasteiger partial charge in [0.05, 0.1) is 18.5 Å². The summed E-state index contributed by atoms with van der Waals surface area (Å²) in [6.07, 6.45) is 1.60. The normalized spacial score (nSPS) is 18.2. The van der Waals surface area contributed by atoms with Crippen LogP contribution in [0.3, 0.4) is 0 Å². The zero-order valence-electron chi connectivity index (χ0n) is 15.3. The number of carbonyl (C=O) groups is 1. The van der Waals surface area contributed by atoms with Crippen molar-refractivity contribution in [2.75, 3.05) is 25.5 Å². The second-order valence-corrected chi connectivity index (χ2v) is 6.91. The number of hydrogen-bond acceptors (Lipinski definition) is 5. The Balaban J connectivity index is 2.37. The Bertz CT molecular complexity index is 676. The predicted octanol–water partition coefficient (Wildman–Crippen LogP) is 3.27. The van der Waals surface area contributed by atoms with Crippen molar-refractivity contribution in [3.8, 4) is 5.75 Å². The Kier molecular flexibility index (Phi) is 6.07. The highest BCUT2D eigenvalue weighted by Crippen LogP contribution is 2.37. The average molecular weight is 345 g/mol. The van der Waals surface area contributed by atoms with E-state index in [1.807, 2.05) is 31.2 Å². The van der Waals surface area contributed by atoms with E-state index >= 15 is 0 Å². The summed E-state index contributed by atoms with van der Waals surface area (Å²) in [7, 11) is 1.64. The van der Waals surface area contributed by atoms with Gasteiger partial charge in [-0.3, -0.25) is 9.79 Å². The van der Waals surface area contributed by atoms with Gasteiger partial charge in [0.2, 0.25) is 0 Å². The Morgan fingerprint density at radius 3 is 2.52 bits per heavy atom. The predicted molar refractivity (Wildman–Crippen MR) is 100 cm³/mol. The molecule has 6 heteroatoms. The van der Waals surface area contributed by atoms with Crippen LogP contribution in [0.1, 0.15) is 33.6 Å². The Labute approximate surface area is 149 Å². The van der Waals surface area contributed by atoms with Crippen LogP contribution in [0.5, 0.6) is 5.75 Å². The third-order valence-electron chi connectivity index (χ3n) is 4.04. The number of carboxylic acid groups (broad SMARTS) is 1. The van der Waals surface area contributed by atoms with Gasteiger partial charge >= 0.3 is 5.97 Å². The number of ether oxygens (including phenoxy) is 1. The molecule has 25 heavy (non-hydrogen) atoms. The first-order valence-corrected chi connectivity index (χ1v) is 8.48. The van der Waals surface area contributed by atoms with E-state index in [2.05, 4.69) is 29.5 Å². The van der Waals surface area contributed by atoms with E-state index in [1.54, 1.807) is 7.11 Å². The van der Waals surface area contributed by atoms with Crippen molar-refractivity contribution in [3.63, 3.8) is 0 Å². The van der Waals surface area contributed by atoms with Crippen LogP contribution in [0, 0.1) is 5.41 Å². The lowest BCUT2D eigenvalue weighted by atomic mass is 9.77. The fraction of sp³-hybridized carbons (Fsp3) is 0.474. The second kappa shape index (κ2) is 8.05. The molecule has 0 heterocycles. The molecule has 1 aromatic rings. The number of carboxylic acids is 1. The van der Waals surface area contributed by atoms with Crippen molar-refractivity contribution in [2.45, 2.75) is 33.6 Å². The number of nitrogens with one attached hydrogen (secondary N) is 2. The third-order valence-corrected chi connectivity index (χ3v) is 4.04. The first kappa shape index (κ1) is 18.8. The van der Waals surface area contributed by atoms with Gasteiger partial charge in [-0.2, -0.15) is 0 Å². The molecular weight excluding hydrogens is 318 g/mol. The van der Waals surface area contributed by atoms with Gasteiger partial charge < -0.3 is 20.5 Å². The maximum absolute atomic E-state index is 10.9. The summed E-state index contributed by atoms with van der Waals surface area (Å²) in [5, 5.41) is 15.8. The Morgan fingerprint density at radius 1 is 1.28 bits per heavy atom. The van der Waals surface area contributed by atoms with Gasteiger partial charge in [0, 0.05) is 17.9 Å². The van der Waals surface area contributed by atoms with Crippen LogP contribution in [0.2, 0.25) is 0 Å². The van der Waals surface area contributed by atoms with Gasteiger partial charge in [-0.25, -0.2) is 0 Å². The number of allylic oxidation sites excluding steroid dienone is 2. The summed E-state index contributed by atoms with van der Waals surface area (Å²) >= 11 is 0. The lowest BCUT2D eigenvalue weighted by Gasteiger charge is -2.35. The fourth-order valence-corrected chi connectivity index (χ4v) is 2.98. The molecular formula is C19H27N3O3.